The molecule has 0 aliphatic rings. The number of hydrogen-bond donors (Lipinski definition) is 1. The van der Waals surface area contributed by atoms with Crippen molar-refractivity contribution >= 4 is 43.5 Å². The van der Waals surface area contributed by atoms with E-state index in [0.717, 1.165) is 10.0 Å². The van der Waals surface area contributed by atoms with Crippen molar-refractivity contribution in [3.05, 3.63) is 55.7 Å². The predicted molar refractivity (Wildman–Crippen MR) is 84.0 cm³/mol. The molecule has 1 atom stereocenters. The molecule has 0 saturated carbocycles. The molecule has 2 aromatic rings. The topological polar surface area (TPSA) is 29.5 Å². The molecule has 1 N–H and O–H groups in total. The predicted octanol–water partition coefficient (Wildman–Crippen LogP) is 5.85. The molecule has 0 aliphatic carbocycles. The monoisotopic (exact) mass is 422 g/mol. The van der Waals surface area contributed by atoms with Gasteiger partial charge in [0.2, 0.25) is 0 Å². The Morgan fingerprint density at radius 1 is 1.20 bits per heavy atom. The summed E-state index contributed by atoms with van der Waals surface area (Å²) in [6.45, 7) is 1.67. The van der Waals surface area contributed by atoms with E-state index in [1.165, 1.54) is 12.1 Å². The first-order valence-corrected chi connectivity index (χ1v) is 7.65. The highest BCUT2D eigenvalue weighted by Gasteiger charge is 2.11. The van der Waals surface area contributed by atoms with Crippen LogP contribution in [-0.2, 0) is 0 Å². The van der Waals surface area contributed by atoms with E-state index in [2.05, 4.69) is 31.9 Å². The lowest BCUT2D eigenvalue weighted by Gasteiger charge is -2.12. The van der Waals surface area contributed by atoms with E-state index in [1.807, 2.05) is 0 Å². The zero-order chi connectivity index (χ0) is 14.9. The number of benzene rings is 2. The van der Waals surface area contributed by atoms with Crippen LogP contribution in [-0.4, -0.2) is 5.11 Å². The maximum absolute atomic E-state index is 13.4. The molecule has 0 heterocycles. The van der Waals surface area contributed by atoms with Gasteiger partial charge >= 0.3 is 0 Å². The average molecular weight is 424 g/mol. The molecule has 0 radical (unpaired) electrons. The summed E-state index contributed by atoms with van der Waals surface area (Å²) in [7, 11) is 0. The summed E-state index contributed by atoms with van der Waals surface area (Å²) in [5.74, 6) is 0.289. The molecular formula is C14H10Br2ClFO2. The standard InChI is InChI=1S/C14H10Br2ClFO2/c1-7(19)9-3-2-8(4-10(9)15)20-14-6-13(18)12(17)5-11(14)16/h2-7,19H,1H3/t7-/m1/s1. The summed E-state index contributed by atoms with van der Waals surface area (Å²) < 4.78 is 20.3. The van der Waals surface area contributed by atoms with E-state index < -0.39 is 11.9 Å². The van der Waals surface area contributed by atoms with E-state index in [0.29, 0.717) is 16.0 Å². The molecule has 0 aliphatic heterocycles. The fourth-order valence-corrected chi connectivity index (χ4v) is 3.03. The van der Waals surface area contributed by atoms with E-state index in [9.17, 15) is 9.50 Å². The zero-order valence-corrected chi connectivity index (χ0v) is 14.3. The molecule has 0 fully saturated rings. The number of aliphatic hydroxyl groups is 1. The number of ether oxygens (including phenoxy) is 1. The fourth-order valence-electron chi connectivity index (χ4n) is 1.62. The van der Waals surface area contributed by atoms with Gasteiger partial charge in [-0.05, 0) is 46.6 Å². The van der Waals surface area contributed by atoms with Gasteiger partial charge in [0.05, 0.1) is 15.6 Å². The lowest BCUT2D eigenvalue weighted by atomic mass is 10.1. The Morgan fingerprint density at radius 2 is 1.90 bits per heavy atom. The molecule has 0 aromatic heterocycles. The lowest BCUT2D eigenvalue weighted by Crippen LogP contribution is -1.94. The summed E-state index contributed by atoms with van der Waals surface area (Å²) in [4.78, 5) is 0. The van der Waals surface area contributed by atoms with Gasteiger partial charge in [-0.3, -0.25) is 0 Å². The summed E-state index contributed by atoms with van der Waals surface area (Å²) in [5, 5.41) is 9.58. The molecule has 2 aromatic carbocycles. The van der Waals surface area contributed by atoms with Crippen molar-refractivity contribution in [2.45, 2.75) is 13.0 Å². The third-order valence-corrected chi connectivity index (χ3v) is 4.22. The minimum Gasteiger partial charge on any atom is -0.456 e. The minimum absolute atomic E-state index is 0.0230. The van der Waals surface area contributed by atoms with Crippen LogP contribution in [0.15, 0.2) is 39.3 Å². The molecule has 2 rings (SSSR count). The van der Waals surface area contributed by atoms with Gasteiger partial charge in [0, 0.05) is 10.5 Å². The SMILES string of the molecule is C[C@@H](O)c1ccc(Oc2cc(F)c(Cl)cc2Br)cc1Br. The first kappa shape index (κ1) is 15.8. The first-order valence-electron chi connectivity index (χ1n) is 5.68. The maximum Gasteiger partial charge on any atom is 0.145 e. The highest BCUT2D eigenvalue weighted by Crippen LogP contribution is 2.35. The third kappa shape index (κ3) is 3.52. The van der Waals surface area contributed by atoms with Crippen LogP contribution in [0.3, 0.4) is 0 Å². The molecule has 0 amide bonds. The van der Waals surface area contributed by atoms with Crippen molar-refractivity contribution in [3.8, 4) is 11.5 Å². The van der Waals surface area contributed by atoms with Gasteiger partial charge < -0.3 is 9.84 Å². The smallest absolute Gasteiger partial charge is 0.145 e. The maximum atomic E-state index is 13.4. The van der Waals surface area contributed by atoms with Crippen molar-refractivity contribution in [1.82, 2.24) is 0 Å². The fraction of sp³-hybridized carbons (Fsp3) is 0.143. The summed E-state index contributed by atoms with van der Waals surface area (Å²) in [5.41, 5.74) is 0.749. The van der Waals surface area contributed by atoms with Crippen LogP contribution in [0.4, 0.5) is 4.39 Å². The highest BCUT2D eigenvalue weighted by molar-refractivity contribution is 9.10. The van der Waals surface area contributed by atoms with E-state index >= 15 is 0 Å². The van der Waals surface area contributed by atoms with Crippen LogP contribution in [0.25, 0.3) is 0 Å². The van der Waals surface area contributed by atoms with Crippen molar-refractivity contribution in [2.24, 2.45) is 0 Å². The molecule has 6 heteroatoms. The van der Waals surface area contributed by atoms with Gasteiger partial charge in [-0.2, -0.15) is 0 Å². The second-order valence-electron chi connectivity index (χ2n) is 4.16. The molecule has 0 saturated heterocycles. The van der Waals surface area contributed by atoms with E-state index in [4.69, 9.17) is 16.3 Å². The Hall–Kier alpha value is -0.620. The summed E-state index contributed by atoms with van der Waals surface area (Å²) in [6.07, 6.45) is -0.585. The molecule has 0 bridgehead atoms. The van der Waals surface area contributed by atoms with Gasteiger partial charge in [0.1, 0.15) is 17.3 Å². The summed E-state index contributed by atoms with van der Waals surface area (Å²) in [6, 6.07) is 7.80. The summed E-state index contributed by atoms with van der Waals surface area (Å²) >= 11 is 12.3. The minimum atomic E-state index is -0.585. The van der Waals surface area contributed by atoms with Gasteiger partial charge in [-0.1, -0.05) is 33.6 Å². The number of halogens is 4. The molecule has 20 heavy (non-hydrogen) atoms. The second-order valence-corrected chi connectivity index (χ2v) is 6.27. The first-order chi connectivity index (χ1) is 9.38. The van der Waals surface area contributed by atoms with Crippen LogP contribution < -0.4 is 4.74 Å². The molecule has 0 spiro atoms. The lowest BCUT2D eigenvalue weighted by molar-refractivity contribution is 0.198. The largest absolute Gasteiger partial charge is 0.456 e. The highest BCUT2D eigenvalue weighted by atomic mass is 79.9. The Morgan fingerprint density at radius 3 is 2.50 bits per heavy atom. The molecule has 106 valence electrons. The second kappa shape index (κ2) is 6.43. The average Bonchev–Trinajstić information content (AvgIpc) is 2.35. The Bertz CT molecular complexity index is 647. The number of aliphatic hydroxyl groups excluding tert-OH is 1. The Labute approximate surface area is 137 Å². The van der Waals surface area contributed by atoms with Gasteiger partial charge in [0.15, 0.2) is 0 Å². The molecular weight excluding hydrogens is 414 g/mol. The van der Waals surface area contributed by atoms with Crippen LogP contribution in [0.1, 0.15) is 18.6 Å². The van der Waals surface area contributed by atoms with Crippen LogP contribution in [0, 0.1) is 5.82 Å². The van der Waals surface area contributed by atoms with E-state index in [-0.39, 0.29) is 5.02 Å². The van der Waals surface area contributed by atoms with Crippen LogP contribution in [0.2, 0.25) is 5.02 Å². The van der Waals surface area contributed by atoms with Crippen LogP contribution in [0.5, 0.6) is 11.5 Å². The number of rotatable bonds is 3. The van der Waals surface area contributed by atoms with Crippen molar-refractivity contribution in [2.75, 3.05) is 0 Å². The zero-order valence-electron chi connectivity index (χ0n) is 10.3. The molecule has 0 unspecified atom stereocenters. The quantitative estimate of drug-likeness (QED) is 0.627. The van der Waals surface area contributed by atoms with Crippen LogP contribution >= 0.6 is 43.5 Å². The van der Waals surface area contributed by atoms with Gasteiger partial charge in [-0.25, -0.2) is 4.39 Å². The van der Waals surface area contributed by atoms with E-state index in [1.54, 1.807) is 25.1 Å². The van der Waals surface area contributed by atoms with Gasteiger partial charge in [0.25, 0.3) is 0 Å². The van der Waals surface area contributed by atoms with Gasteiger partial charge in [-0.15, -0.1) is 0 Å². The normalized spacial score (nSPS) is 12.3. The third-order valence-electron chi connectivity index (χ3n) is 2.62. The number of hydrogen-bond acceptors (Lipinski definition) is 2. The molecule has 2 nitrogen and oxygen atoms in total. The Balaban J connectivity index is 2.31. The van der Waals surface area contributed by atoms with Crippen molar-refractivity contribution < 1.29 is 14.2 Å². The Kier molecular flexibility index (Phi) is 5.07. The van der Waals surface area contributed by atoms with Crippen molar-refractivity contribution in [1.29, 1.82) is 0 Å². The van der Waals surface area contributed by atoms with Crippen molar-refractivity contribution in [3.63, 3.8) is 0 Å².